The standard InChI is InChI=1S/C25H24N4O4S/c30-19-5-2-17(3-6-19)21-10-20-23(34-21)24(31)29(16-27-20)18-4-7-22(26-11-18)33-9-1-8-28-12-25(13-28)14-32-15-25/h2-7,10-11,16,30H,1,8-9,12-15H2. The van der Waals surface area contributed by atoms with Crippen molar-refractivity contribution >= 4 is 21.6 Å². The minimum atomic E-state index is -0.139. The number of hydrogen-bond acceptors (Lipinski definition) is 8. The number of phenolic OH excluding ortho intramolecular Hbond substituents is 1. The molecule has 4 aromatic rings. The van der Waals surface area contributed by atoms with E-state index in [0.717, 1.165) is 49.7 Å². The molecule has 2 aliphatic heterocycles. The molecule has 1 spiro atoms. The zero-order chi connectivity index (χ0) is 23.1. The Bertz CT molecular complexity index is 1370. The zero-order valence-corrected chi connectivity index (χ0v) is 19.3. The Morgan fingerprint density at radius 1 is 1.12 bits per heavy atom. The summed E-state index contributed by atoms with van der Waals surface area (Å²) in [5, 5.41) is 9.51. The third-order valence-corrected chi connectivity index (χ3v) is 7.55. The number of likely N-dealkylation sites (tertiary alicyclic amines) is 1. The SMILES string of the molecule is O=c1c2sc(-c3ccc(O)cc3)cc2ncn1-c1ccc(OCCCN2CC3(COC3)C2)nc1. The first-order chi connectivity index (χ1) is 16.6. The Kier molecular flexibility index (Phi) is 5.32. The van der Waals surface area contributed by atoms with Crippen molar-refractivity contribution in [1.29, 1.82) is 0 Å². The minimum Gasteiger partial charge on any atom is -0.508 e. The van der Waals surface area contributed by atoms with Crippen molar-refractivity contribution in [3.8, 4) is 27.8 Å². The highest BCUT2D eigenvalue weighted by Crippen LogP contribution is 2.37. The normalized spacial score (nSPS) is 16.9. The average Bonchev–Trinajstić information content (AvgIpc) is 3.23. The van der Waals surface area contributed by atoms with E-state index in [1.54, 1.807) is 24.4 Å². The summed E-state index contributed by atoms with van der Waals surface area (Å²) in [6.45, 7) is 5.71. The third kappa shape index (κ3) is 3.96. The molecule has 0 atom stereocenters. The fraction of sp³-hybridized carbons (Fsp3) is 0.320. The number of benzene rings is 1. The molecule has 3 aromatic heterocycles. The summed E-state index contributed by atoms with van der Waals surface area (Å²) in [5.74, 6) is 0.753. The maximum Gasteiger partial charge on any atom is 0.275 e. The van der Waals surface area contributed by atoms with E-state index in [-0.39, 0.29) is 11.3 Å². The summed E-state index contributed by atoms with van der Waals surface area (Å²) in [4.78, 5) is 25.3. The van der Waals surface area contributed by atoms with Crippen LogP contribution in [0.15, 0.2) is 59.8 Å². The van der Waals surface area contributed by atoms with E-state index in [9.17, 15) is 9.90 Å². The first-order valence-electron chi connectivity index (χ1n) is 11.3. The molecule has 9 heteroatoms. The molecular formula is C25H24N4O4S. The first-order valence-corrected chi connectivity index (χ1v) is 12.1. The van der Waals surface area contributed by atoms with E-state index in [2.05, 4.69) is 14.9 Å². The lowest BCUT2D eigenvalue weighted by atomic mass is 9.78. The lowest BCUT2D eigenvalue weighted by Gasteiger charge is -2.55. The van der Waals surface area contributed by atoms with Crippen LogP contribution in [-0.2, 0) is 4.74 Å². The molecule has 34 heavy (non-hydrogen) atoms. The van der Waals surface area contributed by atoms with Crippen LogP contribution in [0.25, 0.3) is 26.3 Å². The summed E-state index contributed by atoms with van der Waals surface area (Å²) in [6.07, 6.45) is 4.11. The quantitative estimate of drug-likeness (QED) is 0.409. The van der Waals surface area contributed by atoms with E-state index in [0.29, 0.717) is 33.8 Å². The topological polar surface area (TPSA) is 89.7 Å². The van der Waals surface area contributed by atoms with Gasteiger partial charge in [0, 0.05) is 36.0 Å². The van der Waals surface area contributed by atoms with Crippen molar-refractivity contribution in [3.05, 3.63) is 65.3 Å². The van der Waals surface area contributed by atoms with E-state index in [4.69, 9.17) is 9.47 Å². The van der Waals surface area contributed by atoms with Gasteiger partial charge in [0.25, 0.3) is 5.56 Å². The average molecular weight is 477 g/mol. The second-order valence-electron chi connectivity index (χ2n) is 9.05. The van der Waals surface area contributed by atoms with Crippen LogP contribution in [0, 0.1) is 5.41 Å². The predicted octanol–water partition coefficient (Wildman–Crippen LogP) is 3.32. The van der Waals surface area contributed by atoms with Gasteiger partial charge in [-0.25, -0.2) is 9.97 Å². The van der Waals surface area contributed by atoms with Crippen molar-refractivity contribution in [2.24, 2.45) is 5.41 Å². The highest BCUT2D eigenvalue weighted by atomic mass is 32.1. The molecule has 5 heterocycles. The van der Waals surface area contributed by atoms with Crippen molar-refractivity contribution in [2.75, 3.05) is 39.5 Å². The number of aromatic nitrogens is 3. The van der Waals surface area contributed by atoms with Crippen LogP contribution in [-0.4, -0.2) is 64.0 Å². The van der Waals surface area contributed by atoms with Gasteiger partial charge < -0.3 is 19.5 Å². The number of phenols is 1. The van der Waals surface area contributed by atoms with Crippen LogP contribution in [0.4, 0.5) is 0 Å². The second-order valence-corrected chi connectivity index (χ2v) is 10.1. The maximum atomic E-state index is 13.1. The smallest absolute Gasteiger partial charge is 0.275 e. The molecule has 8 nitrogen and oxygen atoms in total. The third-order valence-electron chi connectivity index (χ3n) is 6.39. The van der Waals surface area contributed by atoms with Crippen molar-refractivity contribution in [3.63, 3.8) is 0 Å². The van der Waals surface area contributed by atoms with Gasteiger partial charge in [-0.05, 0) is 48.4 Å². The van der Waals surface area contributed by atoms with Crippen LogP contribution in [0.2, 0.25) is 0 Å². The van der Waals surface area contributed by atoms with E-state index < -0.39 is 0 Å². The monoisotopic (exact) mass is 476 g/mol. The molecule has 174 valence electrons. The lowest BCUT2D eigenvalue weighted by Crippen LogP contribution is -2.65. The molecule has 0 radical (unpaired) electrons. The Balaban J connectivity index is 1.10. The molecule has 2 aliphatic rings. The Morgan fingerprint density at radius 2 is 1.94 bits per heavy atom. The lowest BCUT2D eigenvalue weighted by molar-refractivity contribution is -0.189. The fourth-order valence-corrected chi connectivity index (χ4v) is 5.61. The van der Waals surface area contributed by atoms with Gasteiger partial charge >= 0.3 is 0 Å². The molecule has 0 amide bonds. The summed E-state index contributed by atoms with van der Waals surface area (Å²) < 4.78 is 13.2. The molecule has 0 unspecified atom stereocenters. The van der Waals surface area contributed by atoms with E-state index in [1.165, 1.54) is 22.2 Å². The van der Waals surface area contributed by atoms with E-state index in [1.807, 2.05) is 24.3 Å². The molecule has 0 aliphatic carbocycles. The number of ether oxygens (including phenoxy) is 2. The number of hydrogen-bond donors (Lipinski definition) is 1. The van der Waals surface area contributed by atoms with Gasteiger partial charge in [-0.15, -0.1) is 11.3 Å². The van der Waals surface area contributed by atoms with Crippen molar-refractivity contribution < 1.29 is 14.6 Å². The molecule has 6 rings (SSSR count). The number of nitrogens with zero attached hydrogens (tertiary/aromatic N) is 4. The number of rotatable bonds is 7. The van der Waals surface area contributed by atoms with Gasteiger partial charge in [-0.2, -0.15) is 0 Å². The Hall–Kier alpha value is -3.27. The molecule has 1 aromatic carbocycles. The number of fused-ring (bicyclic) bond motifs is 1. The van der Waals surface area contributed by atoms with E-state index >= 15 is 0 Å². The fourth-order valence-electron chi connectivity index (χ4n) is 4.56. The first kappa shape index (κ1) is 21.3. The maximum absolute atomic E-state index is 13.1. The zero-order valence-electron chi connectivity index (χ0n) is 18.5. The molecule has 1 N–H and O–H groups in total. The summed E-state index contributed by atoms with van der Waals surface area (Å²) in [5.41, 5.74) is 2.53. The van der Waals surface area contributed by atoms with Crippen LogP contribution in [0.5, 0.6) is 11.6 Å². The Labute approximate surface area is 200 Å². The van der Waals surface area contributed by atoms with Gasteiger partial charge in [0.05, 0.1) is 37.2 Å². The number of pyridine rings is 1. The van der Waals surface area contributed by atoms with Gasteiger partial charge in [0.1, 0.15) is 16.8 Å². The van der Waals surface area contributed by atoms with Crippen LogP contribution in [0.3, 0.4) is 0 Å². The summed E-state index contributed by atoms with van der Waals surface area (Å²) >= 11 is 1.39. The van der Waals surface area contributed by atoms with Crippen molar-refractivity contribution in [2.45, 2.75) is 6.42 Å². The van der Waals surface area contributed by atoms with Gasteiger partial charge in [0.15, 0.2) is 0 Å². The molecule has 0 saturated carbocycles. The van der Waals surface area contributed by atoms with Gasteiger partial charge in [0.2, 0.25) is 5.88 Å². The highest BCUT2D eigenvalue weighted by Gasteiger charge is 2.48. The molecule has 2 fully saturated rings. The van der Waals surface area contributed by atoms with Crippen LogP contribution in [0.1, 0.15) is 6.42 Å². The van der Waals surface area contributed by atoms with Gasteiger partial charge in [-0.3, -0.25) is 9.36 Å². The van der Waals surface area contributed by atoms with Crippen LogP contribution >= 0.6 is 11.3 Å². The minimum absolute atomic E-state index is 0.139. The van der Waals surface area contributed by atoms with Crippen molar-refractivity contribution in [1.82, 2.24) is 19.4 Å². The largest absolute Gasteiger partial charge is 0.508 e. The van der Waals surface area contributed by atoms with Crippen LogP contribution < -0.4 is 10.3 Å². The summed E-state index contributed by atoms with van der Waals surface area (Å²) in [7, 11) is 0. The number of aromatic hydroxyl groups is 1. The van der Waals surface area contributed by atoms with Gasteiger partial charge in [-0.1, -0.05) is 0 Å². The molecule has 2 saturated heterocycles. The highest BCUT2D eigenvalue weighted by molar-refractivity contribution is 7.22. The summed E-state index contributed by atoms with van der Waals surface area (Å²) in [6, 6.07) is 12.4. The molecule has 0 bridgehead atoms. The second kappa shape index (κ2) is 8.50. The number of thiophene rings is 1. The predicted molar refractivity (Wildman–Crippen MR) is 130 cm³/mol. The Morgan fingerprint density at radius 3 is 2.65 bits per heavy atom. The molecular weight excluding hydrogens is 452 g/mol.